The van der Waals surface area contributed by atoms with Crippen LogP contribution >= 0.6 is 0 Å². The fourth-order valence-electron chi connectivity index (χ4n) is 7.47. The van der Waals surface area contributed by atoms with Crippen LogP contribution in [0, 0.1) is 29.2 Å². The first-order valence-corrected chi connectivity index (χ1v) is 16.3. The van der Waals surface area contributed by atoms with E-state index in [4.69, 9.17) is 6.57 Å². The SMILES string of the molecule is [C-]#[N+]c1ccc2c(c1)c1ccccc1n2-c1cccc(C#N)c1-c1ccc(-c2cccc(-n3c4ccccc4c4ccccc43)c2)c(C#N)c1. The van der Waals surface area contributed by atoms with Crippen LogP contribution in [0.1, 0.15) is 11.1 Å². The third-order valence-electron chi connectivity index (χ3n) is 9.61. The van der Waals surface area contributed by atoms with Crippen LogP contribution in [0.3, 0.4) is 0 Å². The molecule has 0 aliphatic carbocycles. The standard InChI is InChI=1S/C45H25N5/c1-48-33-21-23-43-39(26-33)38-15-4-7-18-42(38)50(43)44-19-9-11-31(27-46)45(44)30-20-22-35(32(24-30)28-47)29-10-8-12-34(25-29)49-40-16-5-2-13-36(40)37-14-3-6-17-41(37)49/h2-26H. The minimum atomic E-state index is 0.510. The molecule has 5 nitrogen and oxygen atoms in total. The largest absolute Gasteiger partial charge is 0.309 e. The molecule has 7 aromatic carbocycles. The van der Waals surface area contributed by atoms with Crippen molar-refractivity contribution in [2.24, 2.45) is 0 Å². The van der Waals surface area contributed by atoms with Crippen LogP contribution in [0.15, 0.2) is 152 Å². The molecule has 0 saturated heterocycles. The zero-order valence-corrected chi connectivity index (χ0v) is 26.7. The van der Waals surface area contributed by atoms with Crippen LogP contribution in [0.4, 0.5) is 5.69 Å². The molecule has 9 aromatic rings. The van der Waals surface area contributed by atoms with E-state index in [0.29, 0.717) is 16.8 Å². The second-order valence-electron chi connectivity index (χ2n) is 12.3. The summed E-state index contributed by atoms with van der Waals surface area (Å²) in [5.41, 5.74) is 10.9. The van der Waals surface area contributed by atoms with E-state index in [1.807, 2.05) is 78.9 Å². The lowest BCUT2D eigenvalue weighted by Gasteiger charge is -2.17. The molecule has 230 valence electrons. The van der Waals surface area contributed by atoms with Gasteiger partial charge in [-0.15, -0.1) is 0 Å². The monoisotopic (exact) mass is 635 g/mol. The molecule has 9 rings (SSSR count). The molecule has 0 aliphatic heterocycles. The number of nitrogens with zero attached hydrogens (tertiary/aromatic N) is 5. The number of aromatic nitrogens is 2. The van der Waals surface area contributed by atoms with Crippen molar-refractivity contribution in [3.8, 4) is 45.8 Å². The van der Waals surface area contributed by atoms with Gasteiger partial charge >= 0.3 is 0 Å². The molecule has 5 heteroatoms. The van der Waals surface area contributed by atoms with Crippen LogP contribution in [0.25, 0.3) is 82.1 Å². The lowest BCUT2D eigenvalue weighted by Crippen LogP contribution is -2.00. The predicted octanol–water partition coefficient (Wildman–Crippen LogP) is 11.5. The van der Waals surface area contributed by atoms with Crippen molar-refractivity contribution in [3.63, 3.8) is 0 Å². The molecule has 0 aliphatic rings. The van der Waals surface area contributed by atoms with E-state index in [1.165, 1.54) is 10.8 Å². The van der Waals surface area contributed by atoms with E-state index in [1.54, 1.807) is 0 Å². The van der Waals surface area contributed by atoms with Crippen molar-refractivity contribution < 1.29 is 0 Å². The second kappa shape index (κ2) is 11.4. The van der Waals surface area contributed by atoms with E-state index >= 15 is 0 Å². The lowest BCUT2D eigenvalue weighted by atomic mass is 9.92. The molecule has 0 N–H and O–H groups in total. The fraction of sp³-hybridized carbons (Fsp3) is 0. The Morgan fingerprint density at radius 3 is 1.78 bits per heavy atom. The molecule has 0 fully saturated rings. The quantitative estimate of drug-likeness (QED) is 0.181. The number of para-hydroxylation sites is 3. The molecule has 2 heterocycles. The molecule has 0 atom stereocenters. The summed E-state index contributed by atoms with van der Waals surface area (Å²) in [6.07, 6.45) is 0. The normalized spacial score (nSPS) is 11.1. The number of nitriles is 2. The van der Waals surface area contributed by atoms with Crippen LogP contribution < -0.4 is 0 Å². The molecular weight excluding hydrogens is 611 g/mol. The highest BCUT2D eigenvalue weighted by Gasteiger charge is 2.20. The van der Waals surface area contributed by atoms with Crippen molar-refractivity contribution in [2.75, 3.05) is 0 Å². The summed E-state index contributed by atoms with van der Waals surface area (Å²) >= 11 is 0. The summed E-state index contributed by atoms with van der Waals surface area (Å²) in [4.78, 5) is 3.67. The third-order valence-corrected chi connectivity index (χ3v) is 9.61. The topological polar surface area (TPSA) is 61.8 Å². The van der Waals surface area contributed by atoms with Gasteiger partial charge in [0.15, 0.2) is 5.69 Å². The first-order chi connectivity index (χ1) is 24.7. The molecule has 0 bridgehead atoms. The van der Waals surface area contributed by atoms with Crippen LogP contribution in [-0.2, 0) is 0 Å². The number of hydrogen-bond donors (Lipinski definition) is 0. The number of benzene rings is 7. The second-order valence-corrected chi connectivity index (χ2v) is 12.3. The maximum absolute atomic E-state index is 10.5. The lowest BCUT2D eigenvalue weighted by molar-refractivity contribution is 1.18. The van der Waals surface area contributed by atoms with Gasteiger partial charge in [0.25, 0.3) is 0 Å². The maximum atomic E-state index is 10.5. The van der Waals surface area contributed by atoms with Gasteiger partial charge in [0.2, 0.25) is 0 Å². The molecule has 0 saturated carbocycles. The summed E-state index contributed by atoms with van der Waals surface area (Å²) < 4.78 is 4.43. The smallest absolute Gasteiger partial charge is 0.188 e. The Morgan fingerprint density at radius 1 is 0.480 bits per heavy atom. The van der Waals surface area contributed by atoms with Gasteiger partial charge in [-0.2, -0.15) is 10.5 Å². The highest BCUT2D eigenvalue weighted by molar-refractivity contribution is 6.11. The van der Waals surface area contributed by atoms with Crippen molar-refractivity contribution in [3.05, 3.63) is 174 Å². The Morgan fingerprint density at radius 2 is 1.10 bits per heavy atom. The average Bonchev–Trinajstić information content (AvgIpc) is 3.70. The van der Waals surface area contributed by atoms with Gasteiger partial charge in [0.1, 0.15) is 0 Å². The Bertz CT molecular complexity index is 2920. The number of rotatable bonds is 4. The summed E-state index contributed by atoms with van der Waals surface area (Å²) in [6, 6.07) is 55.5. The van der Waals surface area contributed by atoms with Crippen molar-refractivity contribution >= 4 is 49.3 Å². The molecule has 2 aromatic heterocycles. The molecule has 50 heavy (non-hydrogen) atoms. The van der Waals surface area contributed by atoms with Crippen LogP contribution in [-0.4, -0.2) is 9.13 Å². The van der Waals surface area contributed by atoms with Crippen molar-refractivity contribution in [1.82, 2.24) is 9.13 Å². The summed E-state index contributed by atoms with van der Waals surface area (Å²) in [6.45, 7) is 7.58. The zero-order valence-electron chi connectivity index (χ0n) is 26.7. The van der Waals surface area contributed by atoms with Gasteiger partial charge in [-0.25, -0.2) is 4.85 Å². The summed E-state index contributed by atoms with van der Waals surface area (Å²) in [5.74, 6) is 0. The average molecular weight is 636 g/mol. The first-order valence-electron chi connectivity index (χ1n) is 16.3. The van der Waals surface area contributed by atoms with Gasteiger partial charge in [-0.1, -0.05) is 91.0 Å². The summed E-state index contributed by atoms with van der Waals surface area (Å²) in [7, 11) is 0. The van der Waals surface area contributed by atoms with Crippen LogP contribution in [0.2, 0.25) is 0 Å². The predicted molar refractivity (Wildman–Crippen MR) is 202 cm³/mol. The van der Waals surface area contributed by atoms with Crippen molar-refractivity contribution in [2.45, 2.75) is 0 Å². The van der Waals surface area contributed by atoms with Gasteiger partial charge in [-0.05, 0) is 82.7 Å². The minimum Gasteiger partial charge on any atom is -0.309 e. The Balaban J connectivity index is 1.22. The summed E-state index contributed by atoms with van der Waals surface area (Å²) in [5, 5.41) is 25.3. The zero-order chi connectivity index (χ0) is 33.8. The fourth-order valence-corrected chi connectivity index (χ4v) is 7.47. The number of hydrogen-bond acceptors (Lipinski definition) is 2. The third kappa shape index (κ3) is 4.31. The first kappa shape index (κ1) is 28.8. The highest BCUT2D eigenvalue weighted by Crippen LogP contribution is 2.40. The van der Waals surface area contributed by atoms with Crippen LogP contribution in [0.5, 0.6) is 0 Å². The molecule has 0 spiro atoms. The van der Waals surface area contributed by atoms with Gasteiger partial charge in [0, 0.05) is 27.4 Å². The van der Waals surface area contributed by atoms with Gasteiger partial charge in [-0.3, -0.25) is 0 Å². The van der Waals surface area contributed by atoms with Gasteiger partial charge in [0.05, 0.1) is 57.6 Å². The molecule has 0 unspecified atom stereocenters. The van der Waals surface area contributed by atoms with Crippen molar-refractivity contribution in [1.29, 1.82) is 10.5 Å². The van der Waals surface area contributed by atoms with E-state index in [9.17, 15) is 10.5 Å². The van der Waals surface area contributed by atoms with Gasteiger partial charge < -0.3 is 9.13 Å². The number of fused-ring (bicyclic) bond motifs is 6. The Kier molecular flexibility index (Phi) is 6.56. The maximum Gasteiger partial charge on any atom is 0.188 e. The van der Waals surface area contributed by atoms with E-state index in [0.717, 1.165) is 66.5 Å². The molecule has 0 amide bonds. The van der Waals surface area contributed by atoms with E-state index in [2.05, 4.69) is 98.9 Å². The van der Waals surface area contributed by atoms with E-state index in [-0.39, 0.29) is 0 Å². The van der Waals surface area contributed by atoms with E-state index < -0.39 is 0 Å². The Hall–Kier alpha value is -7.39. The highest BCUT2D eigenvalue weighted by atomic mass is 15.0. The Labute approximate surface area is 288 Å². The molecular formula is C45H25N5. The minimum absolute atomic E-state index is 0.510. The molecule has 0 radical (unpaired) electrons.